The molecule has 1 heterocycles. The van der Waals surface area contributed by atoms with Crippen LogP contribution in [0.3, 0.4) is 0 Å². The van der Waals surface area contributed by atoms with Gasteiger partial charge in [0, 0.05) is 5.54 Å². The average molecular weight is 209 g/mol. The SMILES string of the molecule is CC(C)(C)N1CCCC1C(F)(F)P. The minimum absolute atomic E-state index is 0.152. The van der Waals surface area contributed by atoms with Crippen molar-refractivity contribution >= 4 is 9.24 Å². The van der Waals surface area contributed by atoms with Crippen molar-refractivity contribution in [2.45, 2.75) is 50.9 Å². The van der Waals surface area contributed by atoms with Gasteiger partial charge in [0.05, 0.1) is 6.04 Å². The number of halogens is 2. The molecule has 0 aromatic heterocycles. The van der Waals surface area contributed by atoms with Crippen molar-refractivity contribution in [3.8, 4) is 0 Å². The Morgan fingerprint density at radius 3 is 2.15 bits per heavy atom. The highest BCUT2D eigenvalue weighted by Gasteiger charge is 2.45. The van der Waals surface area contributed by atoms with Crippen LogP contribution in [0.2, 0.25) is 0 Å². The molecule has 0 bridgehead atoms. The van der Waals surface area contributed by atoms with Crippen LogP contribution in [0, 0.1) is 0 Å². The van der Waals surface area contributed by atoms with Crippen LogP contribution >= 0.6 is 9.24 Å². The van der Waals surface area contributed by atoms with Gasteiger partial charge in [-0.3, -0.25) is 4.90 Å². The van der Waals surface area contributed by atoms with Crippen molar-refractivity contribution in [3.05, 3.63) is 0 Å². The molecule has 0 aliphatic carbocycles. The lowest BCUT2D eigenvalue weighted by Gasteiger charge is -2.39. The van der Waals surface area contributed by atoms with Crippen LogP contribution in [0.25, 0.3) is 0 Å². The lowest BCUT2D eigenvalue weighted by molar-refractivity contribution is -0.0202. The Morgan fingerprint density at radius 1 is 1.31 bits per heavy atom. The average Bonchev–Trinajstić information content (AvgIpc) is 2.27. The minimum Gasteiger partial charge on any atom is -0.289 e. The van der Waals surface area contributed by atoms with Gasteiger partial charge in [-0.1, -0.05) is 9.24 Å². The maximum atomic E-state index is 13.1. The normalized spacial score (nSPS) is 26.8. The number of rotatable bonds is 1. The summed E-state index contributed by atoms with van der Waals surface area (Å²) in [7, 11) is 1.67. The van der Waals surface area contributed by atoms with Crippen molar-refractivity contribution in [2.24, 2.45) is 0 Å². The van der Waals surface area contributed by atoms with Crippen LogP contribution < -0.4 is 0 Å². The molecule has 78 valence electrons. The molecule has 1 fully saturated rings. The molecular weight excluding hydrogens is 191 g/mol. The van der Waals surface area contributed by atoms with E-state index in [1.807, 2.05) is 25.7 Å². The fourth-order valence-electron chi connectivity index (χ4n) is 1.97. The maximum Gasteiger partial charge on any atom is 0.274 e. The first-order chi connectivity index (χ1) is 5.73. The van der Waals surface area contributed by atoms with Gasteiger partial charge in [-0.05, 0) is 40.2 Å². The van der Waals surface area contributed by atoms with Gasteiger partial charge < -0.3 is 0 Å². The summed E-state index contributed by atoms with van der Waals surface area (Å²) in [5.74, 6) is 0. The molecule has 4 heteroatoms. The molecule has 1 aliphatic rings. The third-order valence-corrected chi connectivity index (χ3v) is 2.94. The van der Waals surface area contributed by atoms with E-state index in [4.69, 9.17) is 0 Å². The van der Waals surface area contributed by atoms with Crippen molar-refractivity contribution < 1.29 is 8.78 Å². The molecule has 0 aromatic rings. The highest BCUT2D eigenvalue weighted by Crippen LogP contribution is 2.39. The monoisotopic (exact) mass is 209 g/mol. The largest absolute Gasteiger partial charge is 0.289 e. The van der Waals surface area contributed by atoms with Crippen LogP contribution in [-0.2, 0) is 0 Å². The number of likely N-dealkylation sites (tertiary alicyclic amines) is 1. The molecule has 1 rings (SSSR count). The summed E-state index contributed by atoms with van der Waals surface area (Å²) in [5, 5.41) is 0. The van der Waals surface area contributed by atoms with E-state index in [1.165, 1.54) is 0 Å². The fourth-order valence-corrected chi connectivity index (χ4v) is 2.32. The Balaban J connectivity index is 2.76. The molecule has 1 saturated heterocycles. The second-order valence-corrected chi connectivity index (χ2v) is 5.47. The van der Waals surface area contributed by atoms with Gasteiger partial charge in [-0.15, -0.1) is 0 Å². The van der Waals surface area contributed by atoms with Crippen LogP contribution in [-0.4, -0.2) is 28.7 Å². The number of hydrogen-bond donors (Lipinski definition) is 0. The Labute approximate surface area is 81.1 Å². The van der Waals surface area contributed by atoms with Crippen LogP contribution in [0.4, 0.5) is 8.78 Å². The summed E-state index contributed by atoms with van der Waals surface area (Å²) in [6.45, 7) is 6.75. The Bertz CT molecular complexity index is 163. The molecule has 13 heavy (non-hydrogen) atoms. The predicted molar refractivity (Wildman–Crippen MR) is 54.1 cm³/mol. The molecule has 0 amide bonds. The first-order valence-electron chi connectivity index (χ1n) is 4.66. The highest BCUT2D eigenvalue weighted by atomic mass is 31.0. The molecule has 0 spiro atoms. The first kappa shape index (κ1) is 11.3. The third kappa shape index (κ3) is 2.60. The van der Waals surface area contributed by atoms with Gasteiger partial charge in [0.15, 0.2) is 0 Å². The van der Waals surface area contributed by atoms with E-state index in [0.29, 0.717) is 6.42 Å². The van der Waals surface area contributed by atoms with E-state index in [1.54, 1.807) is 9.24 Å². The third-order valence-electron chi connectivity index (χ3n) is 2.56. The first-order valence-corrected chi connectivity index (χ1v) is 5.24. The molecule has 0 saturated carbocycles. The lowest BCUT2D eigenvalue weighted by Crippen LogP contribution is -2.50. The highest BCUT2D eigenvalue weighted by molar-refractivity contribution is 7.18. The zero-order valence-corrected chi connectivity index (χ0v) is 9.63. The zero-order chi connectivity index (χ0) is 10.3. The Morgan fingerprint density at radius 2 is 1.85 bits per heavy atom. The second-order valence-electron chi connectivity index (χ2n) is 4.70. The number of nitrogens with zero attached hydrogens (tertiary/aromatic N) is 1. The van der Waals surface area contributed by atoms with Gasteiger partial charge in [0.25, 0.3) is 5.66 Å². The summed E-state index contributed by atoms with van der Waals surface area (Å²) in [5.41, 5.74) is -2.80. The van der Waals surface area contributed by atoms with Crippen molar-refractivity contribution in [3.63, 3.8) is 0 Å². The van der Waals surface area contributed by atoms with Crippen molar-refractivity contribution in [1.82, 2.24) is 4.90 Å². The van der Waals surface area contributed by atoms with E-state index in [2.05, 4.69) is 0 Å². The second kappa shape index (κ2) is 3.43. The van der Waals surface area contributed by atoms with Gasteiger partial charge in [0.2, 0.25) is 0 Å². The standard InChI is InChI=1S/C9H18F2NP/c1-8(2,3)12-6-4-5-7(12)9(10,11)13/h7H,4-6,13H2,1-3H3. The topological polar surface area (TPSA) is 3.24 Å². The minimum atomic E-state index is -2.65. The number of hydrogen-bond acceptors (Lipinski definition) is 1. The van der Waals surface area contributed by atoms with E-state index < -0.39 is 11.7 Å². The quantitative estimate of drug-likeness (QED) is 0.600. The van der Waals surface area contributed by atoms with Gasteiger partial charge in [-0.2, -0.15) is 0 Å². The molecule has 2 atom stereocenters. The fraction of sp³-hybridized carbons (Fsp3) is 1.00. The predicted octanol–water partition coefficient (Wildman–Crippen LogP) is 2.72. The summed E-state index contributed by atoms with van der Waals surface area (Å²) in [6, 6.07) is -0.600. The van der Waals surface area contributed by atoms with Gasteiger partial charge in [-0.25, -0.2) is 8.78 Å². The summed E-state index contributed by atoms with van der Waals surface area (Å²) >= 11 is 0. The summed E-state index contributed by atoms with van der Waals surface area (Å²) in [4.78, 5) is 1.90. The van der Waals surface area contributed by atoms with E-state index in [-0.39, 0.29) is 5.54 Å². The van der Waals surface area contributed by atoms with Crippen LogP contribution in [0.5, 0.6) is 0 Å². The van der Waals surface area contributed by atoms with Crippen LogP contribution in [0.1, 0.15) is 33.6 Å². The molecule has 2 unspecified atom stereocenters. The van der Waals surface area contributed by atoms with Crippen molar-refractivity contribution in [2.75, 3.05) is 6.54 Å². The Kier molecular flexibility index (Phi) is 2.99. The van der Waals surface area contributed by atoms with Gasteiger partial charge >= 0.3 is 0 Å². The molecular formula is C9H18F2NP. The van der Waals surface area contributed by atoms with Crippen molar-refractivity contribution in [1.29, 1.82) is 0 Å². The summed E-state index contributed by atoms with van der Waals surface area (Å²) in [6.07, 6.45) is 1.49. The number of alkyl halides is 2. The lowest BCUT2D eigenvalue weighted by atomic mass is 10.0. The molecule has 1 aliphatic heterocycles. The maximum absolute atomic E-state index is 13.1. The van der Waals surface area contributed by atoms with E-state index in [0.717, 1.165) is 13.0 Å². The molecule has 1 nitrogen and oxygen atoms in total. The smallest absolute Gasteiger partial charge is 0.274 e. The zero-order valence-electron chi connectivity index (χ0n) is 8.48. The molecule has 0 radical (unpaired) electrons. The van der Waals surface area contributed by atoms with Crippen LogP contribution in [0.15, 0.2) is 0 Å². The van der Waals surface area contributed by atoms with E-state index in [9.17, 15) is 8.78 Å². The Hall–Kier alpha value is 0.250. The summed E-state index contributed by atoms with van der Waals surface area (Å²) < 4.78 is 26.3. The molecule has 0 aromatic carbocycles. The van der Waals surface area contributed by atoms with Gasteiger partial charge in [0.1, 0.15) is 0 Å². The molecule has 0 N–H and O–H groups in total. The van der Waals surface area contributed by atoms with E-state index >= 15 is 0 Å².